The number of alkyl halides is 3. The number of para-hydroxylation sites is 2. The lowest BCUT2D eigenvalue weighted by molar-refractivity contribution is -0.137. The Balaban J connectivity index is 1.74. The SMILES string of the molecule is C=C(NNc1ccccc1C(F)(F)F)C1=C(C)Nc2ccccc2S1. The molecule has 0 unspecified atom stereocenters. The number of thioether (sulfide) groups is 1. The largest absolute Gasteiger partial charge is 0.418 e. The van der Waals surface area contributed by atoms with E-state index < -0.39 is 11.7 Å². The van der Waals surface area contributed by atoms with Gasteiger partial charge in [-0.15, -0.1) is 0 Å². The molecule has 7 heteroatoms. The maximum absolute atomic E-state index is 13.0. The highest BCUT2D eigenvalue weighted by Crippen LogP contribution is 2.41. The molecule has 1 aliphatic heterocycles. The molecule has 3 nitrogen and oxygen atoms in total. The summed E-state index contributed by atoms with van der Waals surface area (Å²) in [6, 6.07) is 13.1. The number of hydrazine groups is 1. The standard InChI is InChI=1S/C18H16F3N3S/c1-11-17(25-16-10-6-5-9-15(16)22-11)12(2)23-24-14-8-4-3-7-13(14)18(19,20)21/h3-10,22-24H,2H2,1H3. The van der Waals surface area contributed by atoms with E-state index in [9.17, 15) is 13.2 Å². The minimum absolute atomic E-state index is 0.0522. The maximum atomic E-state index is 13.0. The van der Waals surface area contributed by atoms with E-state index in [1.807, 2.05) is 31.2 Å². The van der Waals surface area contributed by atoms with Gasteiger partial charge in [-0.2, -0.15) is 13.2 Å². The predicted octanol–water partition coefficient (Wildman–Crippen LogP) is 5.58. The molecule has 0 saturated carbocycles. The summed E-state index contributed by atoms with van der Waals surface area (Å²) in [5, 5.41) is 3.27. The first-order valence-electron chi connectivity index (χ1n) is 7.48. The molecular formula is C18H16F3N3S. The lowest BCUT2D eigenvalue weighted by Gasteiger charge is -2.24. The normalized spacial score (nSPS) is 13.8. The van der Waals surface area contributed by atoms with Crippen LogP contribution in [0.2, 0.25) is 0 Å². The first-order valence-corrected chi connectivity index (χ1v) is 8.30. The minimum atomic E-state index is -4.43. The van der Waals surface area contributed by atoms with Crippen molar-refractivity contribution in [3.05, 3.63) is 77.0 Å². The van der Waals surface area contributed by atoms with Gasteiger partial charge in [0.1, 0.15) is 0 Å². The van der Waals surface area contributed by atoms with Gasteiger partial charge in [0.05, 0.1) is 27.5 Å². The van der Waals surface area contributed by atoms with Crippen molar-refractivity contribution in [1.82, 2.24) is 5.43 Å². The van der Waals surface area contributed by atoms with Crippen LogP contribution in [0.4, 0.5) is 24.5 Å². The molecule has 0 spiro atoms. The summed E-state index contributed by atoms with van der Waals surface area (Å²) < 4.78 is 39.1. The Kier molecular flexibility index (Phi) is 4.67. The zero-order valence-corrected chi connectivity index (χ0v) is 14.2. The molecule has 0 saturated heterocycles. The molecule has 2 aromatic rings. The number of hydrogen-bond acceptors (Lipinski definition) is 4. The summed E-state index contributed by atoms with van der Waals surface area (Å²) in [7, 11) is 0. The third kappa shape index (κ3) is 3.76. The van der Waals surface area contributed by atoms with Gasteiger partial charge >= 0.3 is 6.18 Å². The summed E-state index contributed by atoms with van der Waals surface area (Å²) in [4.78, 5) is 1.86. The van der Waals surface area contributed by atoms with Gasteiger partial charge in [0.15, 0.2) is 0 Å². The van der Waals surface area contributed by atoms with E-state index in [0.717, 1.165) is 27.3 Å². The molecule has 25 heavy (non-hydrogen) atoms. The van der Waals surface area contributed by atoms with Crippen molar-refractivity contribution in [3.8, 4) is 0 Å². The molecule has 0 atom stereocenters. The second-order valence-corrected chi connectivity index (χ2v) is 6.50. The van der Waals surface area contributed by atoms with Crippen LogP contribution >= 0.6 is 11.8 Å². The van der Waals surface area contributed by atoms with Crippen LogP contribution in [0.5, 0.6) is 0 Å². The number of rotatable bonds is 4. The molecule has 2 aromatic carbocycles. The first-order chi connectivity index (χ1) is 11.9. The number of anilines is 2. The Morgan fingerprint density at radius 3 is 2.52 bits per heavy atom. The average molecular weight is 363 g/mol. The van der Waals surface area contributed by atoms with Crippen LogP contribution < -0.4 is 16.2 Å². The van der Waals surface area contributed by atoms with Gasteiger partial charge in [0.2, 0.25) is 0 Å². The van der Waals surface area contributed by atoms with Crippen LogP contribution in [0, 0.1) is 0 Å². The maximum Gasteiger partial charge on any atom is 0.418 e. The Morgan fingerprint density at radius 1 is 1.08 bits per heavy atom. The van der Waals surface area contributed by atoms with Crippen molar-refractivity contribution >= 4 is 23.1 Å². The summed E-state index contributed by atoms with van der Waals surface area (Å²) in [6.07, 6.45) is -4.43. The minimum Gasteiger partial charge on any atom is -0.357 e. The van der Waals surface area contributed by atoms with E-state index in [1.165, 1.54) is 23.9 Å². The van der Waals surface area contributed by atoms with Crippen molar-refractivity contribution in [1.29, 1.82) is 0 Å². The summed E-state index contributed by atoms with van der Waals surface area (Å²) in [5.41, 5.74) is 6.97. The quantitative estimate of drug-likeness (QED) is 0.619. The highest BCUT2D eigenvalue weighted by molar-refractivity contribution is 8.03. The fraction of sp³-hybridized carbons (Fsp3) is 0.111. The van der Waals surface area contributed by atoms with Gasteiger partial charge in [0.25, 0.3) is 0 Å². The van der Waals surface area contributed by atoms with Gasteiger partial charge in [-0.3, -0.25) is 0 Å². The number of fused-ring (bicyclic) bond motifs is 1. The highest BCUT2D eigenvalue weighted by atomic mass is 32.2. The second-order valence-electron chi connectivity index (χ2n) is 5.45. The average Bonchev–Trinajstić information content (AvgIpc) is 2.58. The molecule has 0 amide bonds. The van der Waals surface area contributed by atoms with E-state index in [4.69, 9.17) is 0 Å². The first kappa shape index (κ1) is 17.3. The number of nitrogens with one attached hydrogen (secondary N) is 3. The van der Waals surface area contributed by atoms with E-state index in [1.54, 1.807) is 6.07 Å². The van der Waals surface area contributed by atoms with Crippen LogP contribution in [0.1, 0.15) is 12.5 Å². The topological polar surface area (TPSA) is 36.1 Å². The van der Waals surface area contributed by atoms with Crippen LogP contribution in [-0.4, -0.2) is 0 Å². The van der Waals surface area contributed by atoms with Gasteiger partial charge in [-0.05, 0) is 31.2 Å². The monoisotopic (exact) mass is 363 g/mol. The molecule has 3 N–H and O–H groups in total. The molecule has 1 heterocycles. The van der Waals surface area contributed by atoms with Crippen molar-refractivity contribution in [3.63, 3.8) is 0 Å². The fourth-order valence-electron chi connectivity index (χ4n) is 2.43. The van der Waals surface area contributed by atoms with Gasteiger partial charge in [-0.25, -0.2) is 0 Å². The zero-order valence-electron chi connectivity index (χ0n) is 13.4. The molecule has 0 fully saturated rings. The van der Waals surface area contributed by atoms with Crippen molar-refractivity contribution in [2.24, 2.45) is 0 Å². The molecule has 0 aliphatic carbocycles. The predicted molar refractivity (Wildman–Crippen MR) is 96.0 cm³/mol. The van der Waals surface area contributed by atoms with Crippen molar-refractivity contribution in [2.75, 3.05) is 10.7 Å². The summed E-state index contributed by atoms with van der Waals surface area (Å²) in [5.74, 6) is 0. The molecule has 0 bridgehead atoms. The Labute approximate surface area is 148 Å². The second kappa shape index (κ2) is 6.76. The van der Waals surface area contributed by atoms with Gasteiger partial charge in [0, 0.05) is 10.6 Å². The molecular weight excluding hydrogens is 347 g/mol. The smallest absolute Gasteiger partial charge is 0.357 e. The number of benzene rings is 2. The van der Waals surface area contributed by atoms with E-state index >= 15 is 0 Å². The van der Waals surface area contributed by atoms with E-state index in [2.05, 4.69) is 22.7 Å². The Morgan fingerprint density at radius 2 is 1.76 bits per heavy atom. The number of hydrogen-bond donors (Lipinski definition) is 3. The van der Waals surface area contributed by atoms with Crippen LogP contribution in [0.25, 0.3) is 0 Å². The third-order valence-electron chi connectivity index (χ3n) is 3.62. The molecule has 1 aliphatic rings. The summed E-state index contributed by atoms with van der Waals surface area (Å²) >= 11 is 1.51. The van der Waals surface area contributed by atoms with Crippen LogP contribution in [0.3, 0.4) is 0 Å². The third-order valence-corrected chi connectivity index (χ3v) is 4.95. The summed E-state index contributed by atoms with van der Waals surface area (Å²) in [6.45, 7) is 5.83. The zero-order chi connectivity index (χ0) is 18.0. The lowest BCUT2D eigenvalue weighted by atomic mass is 10.2. The van der Waals surface area contributed by atoms with Gasteiger partial charge < -0.3 is 16.2 Å². The highest BCUT2D eigenvalue weighted by Gasteiger charge is 2.33. The fourth-order valence-corrected chi connectivity index (χ4v) is 3.40. The Hall–Kier alpha value is -2.54. The Bertz CT molecular complexity index is 843. The number of allylic oxidation sites excluding steroid dienone is 1. The lowest BCUT2D eigenvalue weighted by Crippen LogP contribution is -2.24. The molecule has 130 valence electrons. The molecule has 3 rings (SSSR count). The van der Waals surface area contributed by atoms with E-state index in [-0.39, 0.29) is 5.69 Å². The van der Waals surface area contributed by atoms with E-state index in [0.29, 0.717) is 5.70 Å². The molecule has 0 aromatic heterocycles. The van der Waals surface area contributed by atoms with Crippen LogP contribution in [-0.2, 0) is 6.18 Å². The number of halogens is 3. The van der Waals surface area contributed by atoms with Crippen molar-refractivity contribution < 1.29 is 13.2 Å². The molecule has 0 radical (unpaired) electrons. The van der Waals surface area contributed by atoms with Gasteiger partial charge in [-0.1, -0.05) is 42.6 Å². The van der Waals surface area contributed by atoms with Crippen LogP contribution in [0.15, 0.2) is 76.3 Å². The van der Waals surface area contributed by atoms with Crippen molar-refractivity contribution in [2.45, 2.75) is 18.0 Å².